The number of rotatable bonds is 8. The van der Waals surface area contributed by atoms with Crippen LogP contribution in [0.4, 0.5) is 5.00 Å². The summed E-state index contributed by atoms with van der Waals surface area (Å²) in [6, 6.07) is 14.0. The Bertz CT molecular complexity index is 1130. The molecule has 2 aromatic heterocycles. The van der Waals surface area contributed by atoms with Crippen LogP contribution in [0.3, 0.4) is 0 Å². The second-order valence-electron chi connectivity index (χ2n) is 8.11. The van der Waals surface area contributed by atoms with Crippen LogP contribution in [0.2, 0.25) is 0 Å². The number of anilines is 1. The van der Waals surface area contributed by atoms with Gasteiger partial charge in [0.2, 0.25) is 11.8 Å². The van der Waals surface area contributed by atoms with E-state index < -0.39 is 0 Å². The van der Waals surface area contributed by atoms with Crippen molar-refractivity contribution in [2.24, 2.45) is 0 Å². The van der Waals surface area contributed by atoms with E-state index in [0.717, 1.165) is 47.2 Å². The van der Waals surface area contributed by atoms with E-state index in [2.05, 4.69) is 26.6 Å². The van der Waals surface area contributed by atoms with Gasteiger partial charge in [0.25, 0.3) is 0 Å². The Balaban J connectivity index is 1.34. The molecule has 0 fully saturated rings. The van der Waals surface area contributed by atoms with E-state index in [1.54, 1.807) is 23.1 Å². The zero-order valence-corrected chi connectivity index (χ0v) is 20.5. The first-order valence-corrected chi connectivity index (χ1v) is 12.8. The van der Waals surface area contributed by atoms with E-state index in [-0.39, 0.29) is 11.8 Å². The third-order valence-electron chi connectivity index (χ3n) is 5.59. The number of amides is 2. The topological polar surface area (TPSA) is 74.3 Å². The predicted octanol–water partition coefficient (Wildman–Crippen LogP) is 4.38. The predicted molar refractivity (Wildman–Crippen MR) is 134 cm³/mol. The summed E-state index contributed by atoms with van der Waals surface area (Å²) in [5.41, 5.74) is 4.68. The van der Waals surface area contributed by atoms with Crippen LogP contribution >= 0.6 is 23.1 Å². The lowest BCUT2D eigenvalue weighted by Gasteiger charge is -2.30. The molecule has 3 heterocycles. The van der Waals surface area contributed by atoms with Gasteiger partial charge in [-0.2, -0.15) is 0 Å². The van der Waals surface area contributed by atoms with Gasteiger partial charge in [-0.25, -0.2) is 0 Å². The third-order valence-corrected chi connectivity index (χ3v) is 7.59. The second kappa shape index (κ2) is 11.0. The summed E-state index contributed by atoms with van der Waals surface area (Å²) in [5, 5.41) is 6.82. The van der Waals surface area contributed by atoms with Crippen molar-refractivity contribution in [1.29, 1.82) is 0 Å². The van der Waals surface area contributed by atoms with Crippen LogP contribution in [0, 0.1) is 6.92 Å². The number of benzene rings is 1. The van der Waals surface area contributed by atoms with Gasteiger partial charge in [-0.05, 0) is 54.3 Å². The fourth-order valence-corrected chi connectivity index (χ4v) is 5.72. The minimum atomic E-state index is -0.0463. The van der Waals surface area contributed by atoms with Gasteiger partial charge in [-0.3, -0.25) is 19.5 Å². The van der Waals surface area contributed by atoms with Crippen molar-refractivity contribution in [3.8, 4) is 0 Å². The number of nitrogens with zero attached hydrogens (tertiary/aromatic N) is 2. The smallest absolute Gasteiger partial charge is 0.230 e. The Kier molecular flexibility index (Phi) is 7.80. The standard InChI is InChI=1S/C25H28N4O2S2/c1-17-23(13-27-24(31)16-32-20-6-4-3-5-7-20)22-10-11-29(14-19(22)12-26-17)15-21-8-9-25(33-21)28-18(2)30/h3-9,12H,10-11,13-16H2,1-2H3,(H,27,31)(H,28,30). The molecule has 0 saturated heterocycles. The highest BCUT2D eigenvalue weighted by atomic mass is 32.2. The maximum Gasteiger partial charge on any atom is 0.230 e. The average molecular weight is 481 g/mol. The second-order valence-corrected chi connectivity index (χ2v) is 10.3. The molecule has 0 aliphatic carbocycles. The van der Waals surface area contributed by atoms with Crippen molar-refractivity contribution >= 4 is 39.9 Å². The van der Waals surface area contributed by atoms with Crippen LogP contribution in [-0.4, -0.2) is 34.0 Å². The van der Waals surface area contributed by atoms with E-state index in [1.165, 1.54) is 22.9 Å². The Morgan fingerprint density at radius 1 is 1.18 bits per heavy atom. The van der Waals surface area contributed by atoms with Crippen LogP contribution in [0.25, 0.3) is 0 Å². The van der Waals surface area contributed by atoms with Crippen molar-refractivity contribution in [2.75, 3.05) is 17.6 Å². The number of pyridine rings is 1. The Hall–Kier alpha value is -2.68. The van der Waals surface area contributed by atoms with Crippen molar-refractivity contribution in [3.63, 3.8) is 0 Å². The van der Waals surface area contributed by atoms with Gasteiger partial charge in [-0.1, -0.05) is 18.2 Å². The van der Waals surface area contributed by atoms with Crippen molar-refractivity contribution in [2.45, 2.75) is 44.8 Å². The lowest BCUT2D eigenvalue weighted by atomic mass is 9.95. The zero-order chi connectivity index (χ0) is 23.2. The Morgan fingerprint density at radius 2 is 2.00 bits per heavy atom. The molecule has 0 spiro atoms. The number of fused-ring (bicyclic) bond motifs is 1. The third kappa shape index (κ3) is 6.43. The molecule has 0 bridgehead atoms. The molecular formula is C25H28N4O2S2. The summed E-state index contributed by atoms with van der Waals surface area (Å²) in [6.07, 6.45) is 2.91. The van der Waals surface area contributed by atoms with Crippen LogP contribution in [0.15, 0.2) is 53.6 Å². The zero-order valence-electron chi connectivity index (χ0n) is 18.9. The number of nitrogens with one attached hydrogen (secondary N) is 2. The number of aryl methyl sites for hydroxylation is 1. The minimum Gasteiger partial charge on any atom is -0.351 e. The SMILES string of the molecule is CC(=O)Nc1ccc(CN2CCc3c(cnc(C)c3CNC(=O)CSc3ccccc3)C2)s1. The number of hydrogen-bond acceptors (Lipinski definition) is 6. The summed E-state index contributed by atoms with van der Waals surface area (Å²) >= 11 is 3.16. The van der Waals surface area contributed by atoms with Crippen LogP contribution in [-0.2, 0) is 35.6 Å². The fourth-order valence-electron chi connectivity index (χ4n) is 3.98. The highest BCUT2D eigenvalue weighted by Crippen LogP contribution is 2.28. The molecular weight excluding hydrogens is 452 g/mol. The first-order chi connectivity index (χ1) is 16.0. The normalized spacial score (nSPS) is 13.4. The number of hydrogen-bond donors (Lipinski definition) is 2. The molecule has 1 aliphatic heterocycles. The average Bonchev–Trinajstić information content (AvgIpc) is 3.23. The molecule has 172 valence electrons. The van der Waals surface area contributed by atoms with Gasteiger partial charge < -0.3 is 10.6 Å². The van der Waals surface area contributed by atoms with E-state index >= 15 is 0 Å². The molecule has 8 heteroatoms. The summed E-state index contributed by atoms with van der Waals surface area (Å²) in [6.45, 7) is 6.69. The number of thioether (sulfide) groups is 1. The first kappa shape index (κ1) is 23.5. The van der Waals surface area contributed by atoms with Crippen LogP contribution in [0.5, 0.6) is 0 Å². The van der Waals surface area contributed by atoms with E-state index in [9.17, 15) is 9.59 Å². The lowest BCUT2D eigenvalue weighted by molar-refractivity contribution is -0.118. The number of aromatic nitrogens is 1. The quantitative estimate of drug-likeness (QED) is 0.468. The van der Waals surface area contributed by atoms with Gasteiger partial charge in [-0.15, -0.1) is 23.1 Å². The van der Waals surface area contributed by atoms with Gasteiger partial charge in [0, 0.05) is 54.8 Å². The molecule has 0 saturated carbocycles. The fraction of sp³-hybridized carbons (Fsp3) is 0.320. The first-order valence-electron chi connectivity index (χ1n) is 11.0. The van der Waals surface area contributed by atoms with E-state index in [4.69, 9.17) is 0 Å². The maximum absolute atomic E-state index is 12.4. The van der Waals surface area contributed by atoms with Gasteiger partial charge in [0.1, 0.15) is 0 Å². The van der Waals surface area contributed by atoms with Gasteiger partial charge in [0.05, 0.1) is 10.8 Å². The van der Waals surface area contributed by atoms with Crippen molar-refractivity contribution in [3.05, 3.63) is 75.9 Å². The molecule has 4 rings (SSSR count). The Morgan fingerprint density at radius 3 is 2.79 bits per heavy atom. The summed E-state index contributed by atoms with van der Waals surface area (Å²) in [5.74, 6) is 0.390. The molecule has 6 nitrogen and oxygen atoms in total. The van der Waals surface area contributed by atoms with E-state index in [0.29, 0.717) is 12.3 Å². The molecule has 1 aliphatic rings. The molecule has 2 N–H and O–H groups in total. The molecule has 1 aromatic carbocycles. The number of carbonyl (C=O) groups is 2. The molecule has 0 unspecified atom stereocenters. The van der Waals surface area contributed by atoms with Crippen molar-refractivity contribution in [1.82, 2.24) is 15.2 Å². The van der Waals surface area contributed by atoms with Gasteiger partial charge >= 0.3 is 0 Å². The lowest BCUT2D eigenvalue weighted by Crippen LogP contribution is -2.32. The van der Waals surface area contributed by atoms with Crippen molar-refractivity contribution < 1.29 is 9.59 Å². The molecule has 0 radical (unpaired) electrons. The number of carbonyl (C=O) groups excluding carboxylic acids is 2. The highest BCUT2D eigenvalue weighted by Gasteiger charge is 2.21. The molecule has 0 atom stereocenters. The largest absolute Gasteiger partial charge is 0.351 e. The molecule has 3 aromatic rings. The molecule has 2 amide bonds. The monoisotopic (exact) mass is 480 g/mol. The van der Waals surface area contributed by atoms with Crippen LogP contribution in [0.1, 0.15) is 34.2 Å². The number of thiophene rings is 1. The highest BCUT2D eigenvalue weighted by molar-refractivity contribution is 8.00. The Labute approximate surface area is 202 Å². The maximum atomic E-state index is 12.4. The summed E-state index contributed by atoms with van der Waals surface area (Å²) < 4.78 is 0. The van der Waals surface area contributed by atoms with E-state index in [1.807, 2.05) is 49.5 Å². The van der Waals surface area contributed by atoms with Gasteiger partial charge in [0.15, 0.2) is 0 Å². The summed E-state index contributed by atoms with van der Waals surface area (Å²) in [4.78, 5) is 33.0. The van der Waals surface area contributed by atoms with Crippen LogP contribution < -0.4 is 10.6 Å². The minimum absolute atomic E-state index is 0.0333. The molecule has 33 heavy (non-hydrogen) atoms. The summed E-state index contributed by atoms with van der Waals surface area (Å²) in [7, 11) is 0.